The molecule has 7 heteroatoms. The molecule has 0 amide bonds. The summed E-state index contributed by atoms with van der Waals surface area (Å²) in [6.45, 7) is 1.75. The summed E-state index contributed by atoms with van der Waals surface area (Å²) in [4.78, 5) is 0.0282. The van der Waals surface area contributed by atoms with Crippen LogP contribution in [0.3, 0.4) is 0 Å². The van der Waals surface area contributed by atoms with Crippen LogP contribution in [0.15, 0.2) is 59.5 Å². The Hall–Kier alpha value is -1.47. The van der Waals surface area contributed by atoms with Crippen LogP contribution in [0.25, 0.3) is 0 Å². The van der Waals surface area contributed by atoms with Crippen molar-refractivity contribution in [2.45, 2.75) is 22.6 Å². The van der Waals surface area contributed by atoms with Crippen LogP contribution in [0, 0.1) is 6.92 Å². The molecule has 0 unspecified atom stereocenters. The molecule has 124 valence electrons. The topological polar surface area (TPSA) is 34.1 Å². The Labute approximate surface area is 137 Å². The molecule has 0 aliphatic carbocycles. The lowest BCUT2D eigenvalue weighted by Gasteiger charge is -2.19. The maximum absolute atomic E-state index is 12.8. The van der Waals surface area contributed by atoms with Gasteiger partial charge in [-0.3, -0.25) is 0 Å². The predicted octanol–water partition coefficient (Wildman–Crippen LogP) is 4.76. The number of hydrogen-bond donors (Lipinski definition) is 0. The highest BCUT2D eigenvalue weighted by Gasteiger charge is 2.36. The molecule has 0 radical (unpaired) electrons. The molecule has 2 aromatic rings. The second kappa shape index (κ2) is 6.97. The SMILES string of the molecule is Cc1cccc([C@@H](CS(=O)(=O)c2ccccc2)SC(F)(F)F)c1. The van der Waals surface area contributed by atoms with Crippen LogP contribution in [0.4, 0.5) is 13.2 Å². The Morgan fingerprint density at radius 1 is 1.04 bits per heavy atom. The van der Waals surface area contributed by atoms with Crippen LogP contribution in [0.2, 0.25) is 0 Å². The van der Waals surface area contributed by atoms with Crippen molar-refractivity contribution < 1.29 is 21.6 Å². The molecule has 0 aliphatic rings. The molecule has 2 nitrogen and oxygen atoms in total. The molecule has 0 aliphatic heterocycles. The lowest BCUT2D eigenvalue weighted by molar-refractivity contribution is -0.0333. The van der Waals surface area contributed by atoms with Crippen molar-refractivity contribution >= 4 is 21.6 Å². The van der Waals surface area contributed by atoms with Crippen molar-refractivity contribution in [3.05, 3.63) is 65.7 Å². The number of thioether (sulfide) groups is 1. The smallest absolute Gasteiger partial charge is 0.224 e. The van der Waals surface area contributed by atoms with Crippen molar-refractivity contribution in [1.29, 1.82) is 0 Å². The average Bonchev–Trinajstić information content (AvgIpc) is 2.46. The molecular formula is C16H15F3O2S2. The summed E-state index contributed by atoms with van der Waals surface area (Å²) in [6, 6.07) is 14.0. The van der Waals surface area contributed by atoms with Gasteiger partial charge in [0, 0.05) is 0 Å². The molecule has 2 aromatic carbocycles. The molecule has 1 atom stereocenters. The number of halogens is 3. The van der Waals surface area contributed by atoms with E-state index in [4.69, 9.17) is 0 Å². The van der Waals surface area contributed by atoms with E-state index in [1.807, 2.05) is 0 Å². The summed E-state index contributed by atoms with van der Waals surface area (Å²) in [6.07, 6.45) is 0. The fraction of sp³-hybridized carbons (Fsp3) is 0.250. The minimum atomic E-state index is -4.51. The van der Waals surface area contributed by atoms with Crippen molar-refractivity contribution in [2.24, 2.45) is 0 Å². The van der Waals surface area contributed by atoms with Gasteiger partial charge in [-0.15, -0.1) is 0 Å². The van der Waals surface area contributed by atoms with Gasteiger partial charge in [0.25, 0.3) is 0 Å². The Kier molecular flexibility index (Phi) is 5.41. The van der Waals surface area contributed by atoms with Crippen LogP contribution in [0.5, 0.6) is 0 Å². The summed E-state index contributed by atoms with van der Waals surface area (Å²) >= 11 is -0.294. The average molecular weight is 360 g/mol. The van der Waals surface area contributed by atoms with Crippen LogP contribution in [0.1, 0.15) is 16.4 Å². The van der Waals surface area contributed by atoms with Gasteiger partial charge in [0.1, 0.15) is 0 Å². The maximum Gasteiger partial charge on any atom is 0.442 e. The van der Waals surface area contributed by atoms with Crippen molar-refractivity contribution in [2.75, 3.05) is 5.75 Å². The van der Waals surface area contributed by atoms with Crippen LogP contribution in [-0.2, 0) is 9.84 Å². The molecule has 0 N–H and O–H groups in total. The maximum atomic E-state index is 12.8. The first-order valence-electron chi connectivity index (χ1n) is 6.76. The number of alkyl halides is 3. The first kappa shape index (κ1) is 17.9. The zero-order chi connectivity index (χ0) is 17.1. The molecular weight excluding hydrogens is 345 g/mol. The van der Waals surface area contributed by atoms with Crippen molar-refractivity contribution in [3.8, 4) is 0 Å². The Bertz CT molecular complexity index is 756. The quantitative estimate of drug-likeness (QED) is 0.771. The largest absolute Gasteiger partial charge is 0.442 e. The number of benzene rings is 2. The fourth-order valence-electron chi connectivity index (χ4n) is 2.15. The van der Waals surface area contributed by atoms with Gasteiger partial charge in [0.05, 0.1) is 15.9 Å². The van der Waals surface area contributed by atoms with Gasteiger partial charge in [-0.25, -0.2) is 8.42 Å². The standard InChI is InChI=1S/C16H15F3O2S2/c1-12-6-5-7-13(10-12)15(22-16(17,18)19)11-23(20,21)14-8-3-2-4-9-14/h2-10,15H,11H2,1H3/t15-/m1/s1. The van der Waals surface area contributed by atoms with Crippen LogP contribution < -0.4 is 0 Å². The molecule has 0 bridgehead atoms. The van der Waals surface area contributed by atoms with Gasteiger partial charge >= 0.3 is 5.51 Å². The predicted molar refractivity (Wildman–Crippen MR) is 86.1 cm³/mol. The van der Waals surface area contributed by atoms with E-state index in [1.54, 1.807) is 43.3 Å². The first-order chi connectivity index (χ1) is 10.7. The van der Waals surface area contributed by atoms with E-state index < -0.39 is 26.3 Å². The van der Waals surface area contributed by atoms with Gasteiger partial charge < -0.3 is 0 Å². The second-order valence-corrected chi connectivity index (χ2v) is 8.36. The molecule has 23 heavy (non-hydrogen) atoms. The molecule has 0 spiro atoms. The second-order valence-electron chi connectivity index (χ2n) is 5.06. The molecule has 0 saturated heterocycles. The number of sulfone groups is 1. The van der Waals surface area contributed by atoms with E-state index >= 15 is 0 Å². The zero-order valence-corrected chi connectivity index (χ0v) is 13.9. The van der Waals surface area contributed by atoms with Gasteiger partial charge in [0.15, 0.2) is 9.84 Å². The highest BCUT2D eigenvalue weighted by molar-refractivity contribution is 8.01. The normalized spacial score (nSPS) is 13.7. The summed E-state index contributed by atoms with van der Waals surface area (Å²) < 4.78 is 63.3. The van der Waals surface area contributed by atoms with E-state index in [2.05, 4.69) is 0 Å². The molecule has 0 heterocycles. The molecule has 2 rings (SSSR count). The lowest BCUT2D eigenvalue weighted by Crippen LogP contribution is -2.16. The summed E-state index contributed by atoms with van der Waals surface area (Å²) in [5.74, 6) is -0.607. The van der Waals surface area contributed by atoms with E-state index in [0.717, 1.165) is 5.56 Å². The van der Waals surface area contributed by atoms with Crippen molar-refractivity contribution in [3.63, 3.8) is 0 Å². The first-order valence-corrected chi connectivity index (χ1v) is 9.29. The molecule has 0 fully saturated rings. The van der Waals surface area contributed by atoms with Crippen molar-refractivity contribution in [1.82, 2.24) is 0 Å². The minimum Gasteiger partial charge on any atom is -0.224 e. The Morgan fingerprint density at radius 3 is 2.26 bits per heavy atom. The number of hydrogen-bond acceptors (Lipinski definition) is 3. The third kappa shape index (κ3) is 5.28. The van der Waals surface area contributed by atoms with E-state index in [0.29, 0.717) is 5.56 Å². The van der Waals surface area contributed by atoms with Gasteiger partial charge in [0.2, 0.25) is 0 Å². The summed E-state index contributed by atoms with van der Waals surface area (Å²) in [5.41, 5.74) is -3.38. The van der Waals surface area contributed by atoms with E-state index in [-0.39, 0.29) is 16.7 Å². The summed E-state index contributed by atoms with van der Waals surface area (Å²) in [5, 5.41) is -1.21. The number of aryl methyl sites for hydroxylation is 1. The third-order valence-electron chi connectivity index (χ3n) is 3.16. The highest BCUT2D eigenvalue weighted by atomic mass is 32.2. The Morgan fingerprint density at radius 2 is 1.70 bits per heavy atom. The lowest BCUT2D eigenvalue weighted by atomic mass is 10.1. The zero-order valence-electron chi connectivity index (χ0n) is 12.2. The molecule has 0 aromatic heterocycles. The monoisotopic (exact) mass is 360 g/mol. The van der Waals surface area contributed by atoms with Crippen LogP contribution in [-0.4, -0.2) is 19.7 Å². The van der Waals surface area contributed by atoms with Gasteiger partial charge in [-0.1, -0.05) is 48.0 Å². The van der Waals surface area contributed by atoms with E-state index in [1.165, 1.54) is 18.2 Å². The summed E-state index contributed by atoms with van der Waals surface area (Å²) in [7, 11) is -3.81. The third-order valence-corrected chi connectivity index (χ3v) is 6.13. The minimum absolute atomic E-state index is 0.0282. The number of rotatable bonds is 5. The highest BCUT2D eigenvalue weighted by Crippen LogP contribution is 2.43. The Balaban J connectivity index is 2.35. The van der Waals surface area contributed by atoms with Gasteiger partial charge in [-0.05, 0) is 36.4 Å². The van der Waals surface area contributed by atoms with Crippen LogP contribution >= 0.6 is 11.8 Å². The fourth-order valence-corrected chi connectivity index (χ4v) is 4.92. The molecule has 0 saturated carbocycles. The van der Waals surface area contributed by atoms with Gasteiger partial charge in [-0.2, -0.15) is 13.2 Å². The van der Waals surface area contributed by atoms with E-state index in [9.17, 15) is 21.6 Å².